The first-order chi connectivity index (χ1) is 6.11. The van der Waals surface area contributed by atoms with Crippen LogP contribution >= 0.6 is 11.8 Å². The van der Waals surface area contributed by atoms with E-state index in [1.807, 2.05) is 0 Å². The molecule has 1 aromatic rings. The minimum atomic E-state index is -1.04. The van der Waals surface area contributed by atoms with Gasteiger partial charge < -0.3 is 15.2 Å². The molecule has 0 saturated heterocycles. The highest BCUT2D eigenvalue weighted by Gasteiger charge is 2.16. The quantitative estimate of drug-likeness (QED) is 0.418. The summed E-state index contributed by atoms with van der Waals surface area (Å²) in [5.41, 5.74) is 0. The molecule has 13 heavy (non-hydrogen) atoms. The summed E-state index contributed by atoms with van der Waals surface area (Å²) in [5, 5.41) is 18.7. The van der Waals surface area contributed by atoms with E-state index < -0.39 is 10.9 Å². The van der Waals surface area contributed by atoms with Crippen molar-refractivity contribution < 1.29 is 14.8 Å². The van der Waals surface area contributed by atoms with Gasteiger partial charge in [0.15, 0.2) is 11.4 Å². The lowest BCUT2D eigenvalue weighted by molar-refractivity contribution is -0.392. The maximum atomic E-state index is 10.3. The van der Waals surface area contributed by atoms with Gasteiger partial charge in [0.25, 0.3) is 0 Å². The molecule has 0 aliphatic carbocycles. The molecule has 2 N–H and O–H groups in total. The van der Waals surface area contributed by atoms with Crippen LogP contribution in [0.4, 0.5) is 5.82 Å². The Kier molecular flexibility index (Phi) is 2.85. The zero-order valence-electron chi connectivity index (χ0n) is 6.26. The second kappa shape index (κ2) is 3.90. The minimum Gasteiger partial charge on any atom is -0.481 e. The lowest BCUT2D eigenvalue weighted by atomic mass is 10.8. The van der Waals surface area contributed by atoms with E-state index in [-0.39, 0.29) is 16.6 Å². The Morgan fingerprint density at radius 3 is 3.08 bits per heavy atom. The molecule has 0 aromatic carbocycles. The number of hydrogen-bond acceptors (Lipinski definition) is 5. The topological polar surface area (TPSA) is 109 Å². The van der Waals surface area contributed by atoms with Gasteiger partial charge in [-0.05, 0) is 4.92 Å². The third-order valence-corrected chi connectivity index (χ3v) is 2.06. The predicted octanol–water partition coefficient (Wildman–Crippen LogP) is 0.495. The number of aliphatic carboxylic acids is 1. The number of H-pyrrole nitrogens is 1. The fraction of sp³-hybridized carbons (Fsp3) is 0.200. The van der Waals surface area contributed by atoms with Crippen LogP contribution in [0.5, 0.6) is 0 Å². The summed E-state index contributed by atoms with van der Waals surface area (Å²) < 4.78 is 0. The molecule has 0 fully saturated rings. The summed E-state index contributed by atoms with van der Waals surface area (Å²) in [6, 6.07) is 0. The molecule has 0 saturated carbocycles. The third kappa shape index (κ3) is 2.44. The number of rotatable bonds is 4. The number of nitro groups is 1. The van der Waals surface area contributed by atoms with Crippen molar-refractivity contribution in [1.82, 2.24) is 9.97 Å². The molecule has 0 aliphatic rings. The van der Waals surface area contributed by atoms with Gasteiger partial charge in [0.2, 0.25) is 0 Å². The van der Waals surface area contributed by atoms with Crippen molar-refractivity contribution in [2.45, 2.75) is 5.03 Å². The minimum absolute atomic E-state index is 0.0902. The first-order valence-corrected chi connectivity index (χ1v) is 4.12. The number of carboxylic acids is 1. The summed E-state index contributed by atoms with van der Waals surface area (Å²) in [6.45, 7) is 0. The predicted molar refractivity (Wildman–Crippen MR) is 43.6 cm³/mol. The van der Waals surface area contributed by atoms with Gasteiger partial charge in [0.1, 0.15) is 0 Å². The lowest BCUT2D eigenvalue weighted by Crippen LogP contribution is -1.98. The molecule has 0 amide bonds. The van der Waals surface area contributed by atoms with E-state index in [0.717, 1.165) is 18.1 Å². The standard InChI is InChI=1S/C5H5N3O4S/c9-3(10)1-13-5-4(8(11)12)6-2-7-5/h2H,1H2,(H,6,7)(H,9,10). The largest absolute Gasteiger partial charge is 0.481 e. The molecule has 8 heteroatoms. The van der Waals surface area contributed by atoms with Gasteiger partial charge in [-0.15, -0.1) is 0 Å². The van der Waals surface area contributed by atoms with Crippen LogP contribution in [0.2, 0.25) is 0 Å². The number of imidazole rings is 1. The maximum Gasteiger partial charge on any atom is 0.354 e. The number of hydrogen-bond donors (Lipinski definition) is 2. The Balaban J connectivity index is 2.71. The van der Waals surface area contributed by atoms with E-state index in [2.05, 4.69) is 9.97 Å². The van der Waals surface area contributed by atoms with E-state index >= 15 is 0 Å². The Hall–Kier alpha value is -1.57. The number of aromatic nitrogens is 2. The molecule has 0 aliphatic heterocycles. The molecule has 0 bridgehead atoms. The van der Waals surface area contributed by atoms with E-state index in [1.165, 1.54) is 0 Å². The first-order valence-electron chi connectivity index (χ1n) is 3.13. The van der Waals surface area contributed by atoms with Gasteiger partial charge in [-0.2, -0.15) is 0 Å². The summed E-state index contributed by atoms with van der Waals surface area (Å²) in [4.78, 5) is 25.7. The third-order valence-electron chi connectivity index (χ3n) is 1.10. The van der Waals surface area contributed by atoms with E-state index in [4.69, 9.17) is 5.11 Å². The number of aromatic amines is 1. The van der Waals surface area contributed by atoms with Gasteiger partial charge >= 0.3 is 11.8 Å². The van der Waals surface area contributed by atoms with E-state index in [9.17, 15) is 14.9 Å². The molecule has 7 nitrogen and oxygen atoms in total. The molecule has 1 rings (SSSR count). The van der Waals surface area contributed by atoms with Crippen molar-refractivity contribution in [3.8, 4) is 0 Å². The van der Waals surface area contributed by atoms with Crippen molar-refractivity contribution in [3.63, 3.8) is 0 Å². The van der Waals surface area contributed by atoms with E-state index in [1.54, 1.807) is 0 Å². The van der Waals surface area contributed by atoms with Gasteiger partial charge in [-0.25, -0.2) is 9.97 Å². The van der Waals surface area contributed by atoms with Gasteiger partial charge in [-0.1, -0.05) is 11.8 Å². The summed E-state index contributed by atoms with van der Waals surface area (Å²) in [7, 11) is 0. The Morgan fingerprint density at radius 1 is 1.85 bits per heavy atom. The zero-order chi connectivity index (χ0) is 9.84. The molecule has 0 unspecified atom stereocenters. The van der Waals surface area contributed by atoms with Crippen LogP contribution in [0.15, 0.2) is 11.4 Å². The normalized spacial score (nSPS) is 9.85. The van der Waals surface area contributed by atoms with Gasteiger partial charge in [0, 0.05) is 0 Å². The summed E-state index contributed by atoms with van der Waals surface area (Å²) in [6.07, 6.45) is 1.16. The lowest BCUT2D eigenvalue weighted by Gasteiger charge is -1.93. The number of nitrogens with one attached hydrogen (secondary N) is 1. The molecule has 0 spiro atoms. The van der Waals surface area contributed by atoms with Gasteiger partial charge in [-0.3, -0.25) is 4.79 Å². The monoisotopic (exact) mass is 203 g/mol. The Labute approximate surface area is 76.3 Å². The molecule has 1 heterocycles. The Bertz CT molecular complexity index is 336. The second-order valence-corrected chi connectivity index (χ2v) is 2.96. The van der Waals surface area contributed by atoms with Crippen LogP contribution in [0.1, 0.15) is 0 Å². The highest BCUT2D eigenvalue weighted by atomic mass is 32.2. The van der Waals surface area contributed by atoms with Crippen LogP contribution in [0.3, 0.4) is 0 Å². The SMILES string of the molecule is O=C(O)CSc1nc[nH]c1[N+](=O)[O-]. The fourth-order valence-corrected chi connectivity index (χ4v) is 1.30. The van der Waals surface area contributed by atoms with Crippen molar-refractivity contribution in [3.05, 3.63) is 16.4 Å². The fourth-order valence-electron chi connectivity index (χ4n) is 0.641. The van der Waals surface area contributed by atoms with Crippen molar-refractivity contribution in [1.29, 1.82) is 0 Å². The molecule has 0 atom stereocenters. The van der Waals surface area contributed by atoms with Crippen LogP contribution in [0.25, 0.3) is 0 Å². The van der Waals surface area contributed by atoms with Crippen LogP contribution in [-0.2, 0) is 4.79 Å². The van der Waals surface area contributed by atoms with Crippen LogP contribution in [0, 0.1) is 10.1 Å². The number of carbonyl (C=O) groups is 1. The second-order valence-electron chi connectivity index (χ2n) is 2.00. The van der Waals surface area contributed by atoms with E-state index in [0.29, 0.717) is 0 Å². The average Bonchev–Trinajstić information content (AvgIpc) is 2.47. The van der Waals surface area contributed by atoms with Crippen molar-refractivity contribution in [2.75, 3.05) is 5.75 Å². The zero-order valence-corrected chi connectivity index (χ0v) is 7.08. The molecular weight excluding hydrogens is 198 g/mol. The summed E-state index contributed by atoms with van der Waals surface area (Å²) in [5.74, 6) is -1.56. The smallest absolute Gasteiger partial charge is 0.354 e. The molecule has 0 radical (unpaired) electrons. The number of carboxylic acid groups (broad SMARTS) is 1. The van der Waals surface area contributed by atoms with Crippen LogP contribution in [-0.4, -0.2) is 31.7 Å². The molecule has 70 valence electrons. The van der Waals surface area contributed by atoms with Crippen molar-refractivity contribution >= 4 is 23.5 Å². The van der Waals surface area contributed by atoms with Gasteiger partial charge in [0.05, 0.1) is 5.75 Å². The average molecular weight is 203 g/mol. The maximum absolute atomic E-state index is 10.3. The molecular formula is C5H5N3O4S. The summed E-state index contributed by atoms with van der Waals surface area (Å²) >= 11 is 0.807. The highest BCUT2D eigenvalue weighted by Crippen LogP contribution is 2.24. The Morgan fingerprint density at radius 2 is 2.54 bits per heavy atom. The van der Waals surface area contributed by atoms with Crippen molar-refractivity contribution in [2.24, 2.45) is 0 Å². The first kappa shape index (κ1) is 9.52. The molecule has 1 aromatic heterocycles. The number of nitrogens with zero attached hydrogens (tertiary/aromatic N) is 2. The van der Waals surface area contributed by atoms with Crippen LogP contribution < -0.4 is 0 Å². The number of thioether (sulfide) groups is 1. The highest BCUT2D eigenvalue weighted by molar-refractivity contribution is 8.00.